The van der Waals surface area contributed by atoms with Crippen LogP contribution >= 0.6 is 11.6 Å². The second-order valence-electron chi connectivity index (χ2n) is 4.04. The molecule has 1 heterocycles. The number of methoxy groups -OCH3 is 1. The number of amides is 1. The lowest BCUT2D eigenvalue weighted by atomic mass is 10.1. The number of nitrogens with zero attached hydrogens (tertiary/aromatic N) is 1. The van der Waals surface area contributed by atoms with Crippen LogP contribution in [0.2, 0.25) is 5.02 Å². The molecule has 0 aromatic heterocycles. The van der Waals surface area contributed by atoms with Gasteiger partial charge in [-0.3, -0.25) is 9.59 Å². The van der Waals surface area contributed by atoms with Crippen molar-refractivity contribution in [3.05, 3.63) is 23.2 Å². The van der Waals surface area contributed by atoms with E-state index < -0.39 is 11.9 Å². The third-order valence-corrected chi connectivity index (χ3v) is 3.22. The van der Waals surface area contributed by atoms with Gasteiger partial charge in [-0.15, -0.1) is 0 Å². The quantitative estimate of drug-likeness (QED) is 0.828. The number of anilines is 1. The summed E-state index contributed by atoms with van der Waals surface area (Å²) in [6.07, 6.45) is 0.0820. The minimum atomic E-state index is -0.499. The van der Waals surface area contributed by atoms with Crippen molar-refractivity contribution in [3.63, 3.8) is 0 Å². The molecule has 1 fully saturated rings. The van der Waals surface area contributed by atoms with Gasteiger partial charge in [-0.1, -0.05) is 17.7 Å². The van der Waals surface area contributed by atoms with Crippen molar-refractivity contribution in [2.45, 2.75) is 6.42 Å². The molecule has 2 rings (SSSR count). The Morgan fingerprint density at radius 1 is 1.56 bits per heavy atom. The molecule has 0 spiro atoms. The number of phenolic OH excluding ortho intramolecular Hbond substituents is 1. The molecule has 5 nitrogen and oxygen atoms in total. The van der Waals surface area contributed by atoms with Gasteiger partial charge in [0, 0.05) is 13.0 Å². The highest BCUT2D eigenvalue weighted by atomic mass is 35.5. The molecule has 1 N–H and O–H groups in total. The fourth-order valence-electron chi connectivity index (χ4n) is 1.99. The van der Waals surface area contributed by atoms with E-state index in [9.17, 15) is 14.7 Å². The molecular weight excluding hydrogens is 258 g/mol. The third-order valence-electron chi connectivity index (χ3n) is 2.92. The van der Waals surface area contributed by atoms with Crippen LogP contribution in [0.4, 0.5) is 5.69 Å². The summed E-state index contributed by atoms with van der Waals surface area (Å²) >= 11 is 5.79. The lowest BCUT2D eigenvalue weighted by Gasteiger charge is -2.18. The average Bonchev–Trinajstić information content (AvgIpc) is 2.74. The number of halogens is 1. The molecule has 0 radical (unpaired) electrons. The van der Waals surface area contributed by atoms with Gasteiger partial charge in [0.25, 0.3) is 0 Å². The van der Waals surface area contributed by atoms with Gasteiger partial charge >= 0.3 is 5.97 Å². The molecule has 96 valence electrons. The molecule has 1 aromatic rings. The van der Waals surface area contributed by atoms with Crippen LogP contribution in [0.5, 0.6) is 5.75 Å². The molecule has 1 aromatic carbocycles. The average molecular weight is 270 g/mol. The first-order valence-corrected chi connectivity index (χ1v) is 5.78. The Labute approximate surface area is 109 Å². The largest absolute Gasteiger partial charge is 0.504 e. The smallest absolute Gasteiger partial charge is 0.311 e. The van der Waals surface area contributed by atoms with E-state index in [0.717, 1.165) is 0 Å². The number of rotatable bonds is 2. The lowest BCUT2D eigenvalue weighted by Crippen LogP contribution is -2.26. The van der Waals surface area contributed by atoms with Crippen molar-refractivity contribution in [1.82, 2.24) is 0 Å². The maximum atomic E-state index is 11.8. The molecular formula is C12H12ClNO4. The van der Waals surface area contributed by atoms with Crippen molar-refractivity contribution in [3.8, 4) is 5.75 Å². The monoisotopic (exact) mass is 269 g/mol. The standard InChI is InChI=1S/C12H12ClNO4/c1-18-12(17)7-5-10(15)14(6-7)9-4-2-3-8(13)11(9)16/h2-4,7,16H,5-6H2,1H3. The highest BCUT2D eigenvalue weighted by Gasteiger charge is 2.36. The maximum absolute atomic E-state index is 11.8. The Balaban J connectivity index is 2.27. The van der Waals surface area contributed by atoms with Crippen molar-refractivity contribution in [2.75, 3.05) is 18.6 Å². The zero-order valence-corrected chi connectivity index (χ0v) is 10.5. The summed E-state index contributed by atoms with van der Waals surface area (Å²) in [5, 5.41) is 9.98. The first-order valence-electron chi connectivity index (χ1n) is 5.40. The molecule has 1 amide bonds. The van der Waals surface area contributed by atoms with E-state index in [2.05, 4.69) is 4.74 Å². The molecule has 1 aliphatic heterocycles. The highest BCUT2D eigenvalue weighted by molar-refractivity contribution is 6.32. The Morgan fingerprint density at radius 2 is 2.28 bits per heavy atom. The molecule has 0 aliphatic carbocycles. The molecule has 1 aliphatic rings. The van der Waals surface area contributed by atoms with Gasteiger partial charge in [0.1, 0.15) is 0 Å². The Morgan fingerprint density at radius 3 is 2.94 bits per heavy atom. The van der Waals surface area contributed by atoms with Crippen LogP contribution in [0.1, 0.15) is 6.42 Å². The predicted molar refractivity (Wildman–Crippen MR) is 65.6 cm³/mol. The number of carbonyl (C=O) groups is 2. The summed E-state index contributed by atoms with van der Waals surface area (Å²) in [5.41, 5.74) is 0.318. The fraction of sp³-hybridized carbons (Fsp3) is 0.333. The normalized spacial score (nSPS) is 19.1. The molecule has 1 saturated heterocycles. The molecule has 1 atom stereocenters. The predicted octanol–water partition coefficient (Wildman–Crippen LogP) is 1.57. The van der Waals surface area contributed by atoms with E-state index in [1.54, 1.807) is 12.1 Å². The van der Waals surface area contributed by atoms with Gasteiger partial charge in [-0.05, 0) is 12.1 Å². The van der Waals surface area contributed by atoms with Crippen LogP contribution in [0, 0.1) is 5.92 Å². The van der Waals surface area contributed by atoms with Crippen LogP contribution in [0.3, 0.4) is 0 Å². The van der Waals surface area contributed by atoms with Crippen molar-refractivity contribution >= 4 is 29.2 Å². The summed E-state index contributed by atoms with van der Waals surface area (Å²) in [6.45, 7) is 0.194. The van der Waals surface area contributed by atoms with Gasteiger partial charge in [-0.2, -0.15) is 0 Å². The van der Waals surface area contributed by atoms with Gasteiger partial charge in [0.15, 0.2) is 5.75 Å². The van der Waals surface area contributed by atoms with Gasteiger partial charge in [-0.25, -0.2) is 0 Å². The number of aromatic hydroxyl groups is 1. The minimum absolute atomic E-state index is 0.0820. The molecule has 0 bridgehead atoms. The van der Waals surface area contributed by atoms with Crippen LogP contribution in [-0.4, -0.2) is 30.6 Å². The van der Waals surface area contributed by atoms with E-state index in [0.29, 0.717) is 5.69 Å². The van der Waals surface area contributed by atoms with E-state index in [1.165, 1.54) is 18.1 Å². The number of phenols is 1. The number of hydrogen-bond acceptors (Lipinski definition) is 4. The van der Waals surface area contributed by atoms with Crippen LogP contribution in [-0.2, 0) is 14.3 Å². The maximum Gasteiger partial charge on any atom is 0.311 e. The topological polar surface area (TPSA) is 66.8 Å². The highest BCUT2D eigenvalue weighted by Crippen LogP contribution is 2.37. The number of carbonyl (C=O) groups excluding carboxylic acids is 2. The number of hydrogen-bond donors (Lipinski definition) is 1. The summed E-state index contributed by atoms with van der Waals surface area (Å²) in [4.78, 5) is 24.6. The van der Waals surface area contributed by atoms with Crippen molar-refractivity contribution in [2.24, 2.45) is 5.92 Å². The molecule has 6 heteroatoms. The van der Waals surface area contributed by atoms with E-state index in [1.807, 2.05) is 0 Å². The fourth-order valence-corrected chi connectivity index (χ4v) is 2.16. The number of ether oxygens (including phenoxy) is 1. The minimum Gasteiger partial charge on any atom is -0.504 e. The van der Waals surface area contributed by atoms with Crippen molar-refractivity contribution < 1.29 is 19.4 Å². The van der Waals surface area contributed by atoms with Gasteiger partial charge in [0.2, 0.25) is 5.91 Å². The number of esters is 1. The van der Waals surface area contributed by atoms with E-state index >= 15 is 0 Å². The Bertz CT molecular complexity index is 503. The zero-order valence-electron chi connectivity index (χ0n) is 9.72. The Kier molecular flexibility index (Phi) is 3.43. The molecule has 1 unspecified atom stereocenters. The number of benzene rings is 1. The van der Waals surface area contributed by atoms with E-state index in [-0.39, 0.29) is 29.6 Å². The van der Waals surface area contributed by atoms with Crippen LogP contribution in [0.25, 0.3) is 0 Å². The number of para-hydroxylation sites is 1. The summed E-state index contributed by atoms with van der Waals surface area (Å²) in [6, 6.07) is 4.74. The van der Waals surface area contributed by atoms with Crippen molar-refractivity contribution in [1.29, 1.82) is 0 Å². The molecule has 18 heavy (non-hydrogen) atoms. The summed E-state index contributed by atoms with van der Waals surface area (Å²) in [7, 11) is 1.28. The first kappa shape index (κ1) is 12.7. The van der Waals surface area contributed by atoms with Crippen LogP contribution in [0.15, 0.2) is 18.2 Å². The summed E-state index contributed by atoms with van der Waals surface area (Å²) in [5.74, 6) is -1.31. The molecule has 0 saturated carbocycles. The van der Waals surface area contributed by atoms with Gasteiger partial charge in [0.05, 0.1) is 23.7 Å². The Hall–Kier alpha value is -1.75. The second-order valence-corrected chi connectivity index (χ2v) is 4.44. The second kappa shape index (κ2) is 4.86. The summed E-state index contributed by atoms with van der Waals surface area (Å²) < 4.78 is 4.61. The van der Waals surface area contributed by atoms with Crippen LogP contribution < -0.4 is 4.90 Å². The lowest BCUT2D eigenvalue weighted by molar-refractivity contribution is -0.145. The zero-order chi connectivity index (χ0) is 13.3. The van der Waals surface area contributed by atoms with Gasteiger partial charge < -0.3 is 14.7 Å². The third kappa shape index (κ3) is 2.13. The van der Waals surface area contributed by atoms with E-state index in [4.69, 9.17) is 11.6 Å². The first-order chi connectivity index (χ1) is 8.54. The SMILES string of the molecule is COC(=O)C1CC(=O)N(c2cccc(Cl)c2O)C1.